The zero-order chi connectivity index (χ0) is 37.6. The number of hydrogen-bond acceptors (Lipinski definition) is 10. The first-order valence-electron chi connectivity index (χ1n) is 20.6. The Morgan fingerprint density at radius 1 is 0.660 bits per heavy atom. The Morgan fingerprint density at radius 2 is 1.06 bits per heavy atom. The molecule has 12 heteroatoms. The maximum Gasteiger partial charge on any atom is 0.397 e. The molecule has 11 nitrogen and oxygen atoms in total. The lowest BCUT2D eigenvalue weighted by atomic mass is 9.96. The van der Waals surface area contributed by atoms with Crippen molar-refractivity contribution < 1.29 is 46.4 Å². The molecule has 0 aromatic rings. The molecular weight excluding hydrogens is 662 g/mol. The predicted molar refractivity (Wildman–Crippen MR) is 197 cm³/mol. The topological polar surface area (TPSA) is 169 Å². The maximum absolute atomic E-state index is 12.9. The molecule has 0 aromatic heterocycles. The van der Waals surface area contributed by atoms with Crippen LogP contribution in [-0.2, 0) is 33.6 Å². The molecule has 0 bridgehead atoms. The van der Waals surface area contributed by atoms with Crippen molar-refractivity contribution in [3.05, 3.63) is 0 Å². The highest BCUT2D eigenvalue weighted by Crippen LogP contribution is 2.27. The van der Waals surface area contributed by atoms with E-state index in [-0.39, 0.29) is 12.8 Å². The number of aliphatic hydroxyl groups is 2. The summed E-state index contributed by atoms with van der Waals surface area (Å²) in [6, 6.07) is -1.37. The van der Waals surface area contributed by atoms with Gasteiger partial charge in [0.05, 0.1) is 6.61 Å². The maximum atomic E-state index is 12.9. The molecular formula is C38H73NO10S. The van der Waals surface area contributed by atoms with E-state index in [1.807, 2.05) is 0 Å². The number of aliphatic hydroxyl groups excluding tert-OH is 2. The van der Waals surface area contributed by atoms with E-state index in [1.165, 1.54) is 109 Å². The molecule has 0 spiro atoms. The van der Waals surface area contributed by atoms with Gasteiger partial charge >= 0.3 is 16.4 Å². The van der Waals surface area contributed by atoms with Gasteiger partial charge in [-0.3, -0.25) is 14.1 Å². The monoisotopic (exact) mass is 737 g/mol. The summed E-state index contributed by atoms with van der Waals surface area (Å²) in [4.78, 5) is 25.8. The van der Waals surface area contributed by atoms with Crippen LogP contribution in [0.2, 0.25) is 0 Å². The highest BCUT2D eigenvalue weighted by Gasteiger charge is 2.50. The first kappa shape index (κ1) is 44.8. The molecule has 296 valence electrons. The van der Waals surface area contributed by atoms with Gasteiger partial charge in [-0.2, -0.15) is 8.42 Å². The molecule has 1 saturated heterocycles. The molecule has 4 N–H and O–H groups in total. The number of unbranched alkanes of at least 4 members (excludes halogenated alkanes) is 24. The van der Waals surface area contributed by atoms with Crippen molar-refractivity contribution in [2.45, 2.75) is 224 Å². The van der Waals surface area contributed by atoms with Crippen LogP contribution in [0.25, 0.3) is 1.43 Å². The van der Waals surface area contributed by atoms with Gasteiger partial charge in [0.25, 0.3) is 0 Å². The summed E-state index contributed by atoms with van der Waals surface area (Å²) in [6.45, 7) is 3.66. The number of ether oxygens (including phenoxy) is 2. The Labute approximate surface area is 305 Å². The lowest BCUT2D eigenvalue weighted by Crippen LogP contribution is -2.66. The number of rotatable bonds is 34. The minimum Gasteiger partial charge on any atom is -0.457 e. The van der Waals surface area contributed by atoms with Gasteiger partial charge in [0, 0.05) is 12.8 Å². The Morgan fingerprint density at radius 3 is 1.46 bits per heavy atom. The minimum absolute atomic E-state index is 0.0441. The summed E-state index contributed by atoms with van der Waals surface area (Å²) in [5, 5.41) is 23.2. The van der Waals surface area contributed by atoms with Crippen LogP contribution in [0.3, 0.4) is 0 Å². The Hall–Kier alpha value is -1.31. The first-order chi connectivity index (χ1) is 24.7. The fraction of sp³-hybridized carbons (Fsp3) is 0.947. The molecule has 1 aliphatic rings. The quantitative estimate of drug-likeness (QED) is 0.0287. The van der Waals surface area contributed by atoms with E-state index >= 15 is 0 Å². The third-order valence-electron chi connectivity index (χ3n) is 9.66. The highest BCUT2D eigenvalue weighted by molar-refractivity contribution is 7.80. The van der Waals surface area contributed by atoms with E-state index in [9.17, 15) is 28.2 Å². The molecule has 0 saturated carbocycles. The number of amides is 1. The number of hydrogen-bond donors (Lipinski definition) is 4. The highest BCUT2D eigenvalue weighted by atomic mass is 32.3. The van der Waals surface area contributed by atoms with Gasteiger partial charge in [0.2, 0.25) is 7.34 Å². The lowest BCUT2D eigenvalue weighted by molar-refractivity contribution is -0.254. The fourth-order valence-corrected chi connectivity index (χ4v) is 7.18. The molecule has 50 heavy (non-hydrogen) atoms. The van der Waals surface area contributed by atoms with Gasteiger partial charge in [-0.15, -0.1) is 0 Å². The standard InChI is InChI=1S/C38H73NO10S/c1-3-5-7-9-11-13-15-16-17-18-20-21-23-25-27-29-33(41)39-35-37(36(49-50(44,45)46)32(31-40)47-38(35)43)48-34(42)30-28-26-24-22-19-14-12-10-8-6-4-2/h32,35-38,40,43H,3-31H2,1-2H3,(H,39,41)(H,44,45,46)/t32-,35-,36-,37-,38?/m1/s1/i/hD. The third-order valence-corrected chi connectivity index (χ3v) is 10.1. The van der Waals surface area contributed by atoms with Crippen LogP contribution in [0.5, 0.6) is 0 Å². The smallest absolute Gasteiger partial charge is 0.397 e. The van der Waals surface area contributed by atoms with Gasteiger partial charge in [-0.05, 0) is 12.8 Å². The Balaban J connectivity index is 2.52. The number of esters is 1. The Bertz CT molecular complexity index is 972. The average molecular weight is 737 g/mol. The fourth-order valence-electron chi connectivity index (χ4n) is 6.67. The van der Waals surface area contributed by atoms with Crippen molar-refractivity contribution in [2.75, 3.05) is 6.61 Å². The van der Waals surface area contributed by atoms with Gasteiger partial charge in [0.1, 0.15) is 18.2 Å². The van der Waals surface area contributed by atoms with E-state index in [0.717, 1.165) is 44.9 Å². The van der Waals surface area contributed by atoms with E-state index < -0.39 is 59.5 Å². The van der Waals surface area contributed by atoms with Gasteiger partial charge in [0.15, 0.2) is 12.4 Å². The van der Waals surface area contributed by atoms with E-state index in [1.54, 1.807) is 0 Å². The summed E-state index contributed by atoms with van der Waals surface area (Å²) >= 11 is 0. The summed E-state index contributed by atoms with van der Waals surface area (Å²) < 4.78 is 50.6. The third kappa shape index (κ3) is 24.0. The van der Waals surface area contributed by atoms with Crippen LogP contribution in [-0.4, -0.2) is 72.3 Å². The van der Waals surface area contributed by atoms with Crippen LogP contribution in [0.15, 0.2) is 0 Å². The molecule has 1 fully saturated rings. The average Bonchev–Trinajstić information content (AvgIpc) is 3.11. The molecule has 1 heterocycles. The van der Waals surface area contributed by atoms with Crippen LogP contribution in [0.4, 0.5) is 0 Å². The van der Waals surface area contributed by atoms with Crippen LogP contribution in [0.1, 0.15) is 194 Å². The zero-order valence-corrected chi connectivity index (χ0v) is 32.3. The van der Waals surface area contributed by atoms with Crippen molar-refractivity contribution in [3.8, 4) is 0 Å². The van der Waals surface area contributed by atoms with Crippen molar-refractivity contribution in [2.24, 2.45) is 0 Å². The molecule has 1 amide bonds. The number of carbonyl (C=O) groups excluding carboxylic acids is 2. The molecule has 0 radical (unpaired) electrons. The molecule has 0 aliphatic carbocycles. The second-order valence-corrected chi connectivity index (χ2v) is 15.3. The SMILES string of the molecule is [2H]OS(=O)(=O)O[C@H]1[C@H](OC(=O)CCCCCCCCCCCCC)[C@@H](NC(=O)CCCCCCCCCCCCCCCCC)C(O)O[C@@H]1CO. The van der Waals surface area contributed by atoms with Crippen molar-refractivity contribution >= 4 is 22.3 Å². The van der Waals surface area contributed by atoms with Gasteiger partial charge in [-0.25, -0.2) is 4.18 Å². The minimum atomic E-state index is -4.89. The normalized spacial score (nSPS) is 21.2. The summed E-state index contributed by atoms with van der Waals surface area (Å²) in [6.07, 6.45) is 24.0. The number of carbonyl (C=O) groups is 2. The van der Waals surface area contributed by atoms with Gasteiger partial charge < -0.3 is 25.0 Å². The van der Waals surface area contributed by atoms with E-state index in [4.69, 9.17) is 15.1 Å². The molecule has 1 aliphatic heterocycles. The first-order valence-corrected chi connectivity index (χ1v) is 21.5. The summed E-state index contributed by atoms with van der Waals surface area (Å²) in [5.41, 5.74) is 0. The second-order valence-electron chi connectivity index (χ2n) is 14.2. The van der Waals surface area contributed by atoms with Crippen molar-refractivity contribution in [1.29, 1.82) is 1.43 Å². The summed E-state index contributed by atoms with van der Waals surface area (Å²) in [5.74, 6) is -1.09. The number of nitrogens with one attached hydrogen (secondary N) is 1. The lowest BCUT2D eigenvalue weighted by Gasteiger charge is -2.43. The zero-order valence-electron chi connectivity index (χ0n) is 32.5. The second kappa shape index (κ2) is 30.2. The summed E-state index contributed by atoms with van der Waals surface area (Å²) in [7, 11) is -4.89. The predicted octanol–water partition coefficient (Wildman–Crippen LogP) is 8.24. The molecule has 0 aromatic carbocycles. The molecule has 1 unspecified atom stereocenters. The van der Waals surface area contributed by atoms with Gasteiger partial charge in [-0.1, -0.05) is 168 Å². The van der Waals surface area contributed by atoms with E-state index in [2.05, 4.69) is 23.7 Å². The van der Waals surface area contributed by atoms with Crippen molar-refractivity contribution in [3.63, 3.8) is 0 Å². The van der Waals surface area contributed by atoms with Crippen LogP contribution >= 0.6 is 0 Å². The van der Waals surface area contributed by atoms with Crippen molar-refractivity contribution in [1.82, 2.24) is 5.32 Å². The Kier molecular flexibility index (Phi) is 27.1. The van der Waals surface area contributed by atoms with Crippen LogP contribution < -0.4 is 5.32 Å². The van der Waals surface area contributed by atoms with E-state index in [0.29, 0.717) is 12.8 Å². The molecule has 1 rings (SSSR count). The largest absolute Gasteiger partial charge is 0.457 e. The van der Waals surface area contributed by atoms with Crippen LogP contribution in [0, 0.1) is 0 Å². The molecule has 5 atom stereocenters.